The number of rotatable bonds is 2. The molecule has 2 aliphatic carbocycles. The van der Waals surface area contributed by atoms with E-state index in [-0.39, 0.29) is 35.5 Å². The van der Waals surface area contributed by atoms with Crippen LogP contribution in [-0.4, -0.2) is 16.8 Å². The second-order valence-corrected chi connectivity index (χ2v) is 9.03. The molecule has 0 N–H and O–H groups in total. The summed E-state index contributed by atoms with van der Waals surface area (Å²) in [4.78, 5) is 32.4. The highest BCUT2D eigenvalue weighted by Crippen LogP contribution is 2.60. The molecule has 1 aromatic heterocycles. The maximum Gasteiger partial charge on any atom is 0.240 e. The molecule has 2 amide bonds. The lowest BCUT2D eigenvalue weighted by Crippen LogP contribution is -2.33. The van der Waals surface area contributed by atoms with Gasteiger partial charge in [-0.3, -0.25) is 9.59 Å². The first-order valence-electron chi connectivity index (χ1n) is 9.55. The monoisotopic (exact) mass is 378 g/mol. The smallest absolute Gasteiger partial charge is 0.240 e. The average Bonchev–Trinajstić information content (AvgIpc) is 3.38. The third-order valence-electron chi connectivity index (χ3n) is 6.46. The SMILES string of the molecule is CC(C)=C1[C@@H]2CC[C@@H]1[C@@H]1C(=O)N(c3nc(-c4ccc(C)cc4)cs3)C(=O)[C@H]12. The zero-order valence-electron chi connectivity index (χ0n) is 15.7. The zero-order valence-corrected chi connectivity index (χ0v) is 16.5. The normalized spacial score (nSPS) is 29.0. The Balaban J connectivity index is 1.49. The van der Waals surface area contributed by atoms with E-state index in [9.17, 15) is 9.59 Å². The van der Waals surface area contributed by atoms with E-state index in [0.717, 1.165) is 24.1 Å². The Morgan fingerprint density at radius 2 is 1.63 bits per heavy atom. The van der Waals surface area contributed by atoms with Gasteiger partial charge < -0.3 is 0 Å². The lowest BCUT2D eigenvalue weighted by Gasteiger charge is -2.18. The summed E-state index contributed by atoms with van der Waals surface area (Å²) in [7, 11) is 0. The van der Waals surface area contributed by atoms with Crippen LogP contribution in [0.25, 0.3) is 11.3 Å². The molecular weight excluding hydrogens is 356 g/mol. The highest BCUT2D eigenvalue weighted by molar-refractivity contribution is 7.14. The summed E-state index contributed by atoms with van der Waals surface area (Å²) in [6.07, 6.45) is 2.07. The van der Waals surface area contributed by atoms with Gasteiger partial charge in [-0.2, -0.15) is 0 Å². The molecule has 1 aliphatic heterocycles. The Morgan fingerprint density at radius 3 is 2.19 bits per heavy atom. The molecule has 1 aromatic carbocycles. The zero-order chi connectivity index (χ0) is 18.9. The van der Waals surface area contributed by atoms with Gasteiger partial charge >= 0.3 is 0 Å². The number of fused-ring (bicyclic) bond motifs is 5. The largest absolute Gasteiger partial charge is 0.274 e. The maximum atomic E-state index is 13.2. The van der Waals surface area contributed by atoms with Crippen LogP contribution in [-0.2, 0) is 9.59 Å². The molecule has 5 rings (SSSR count). The number of benzene rings is 1. The summed E-state index contributed by atoms with van der Waals surface area (Å²) >= 11 is 1.38. The van der Waals surface area contributed by atoms with Crippen molar-refractivity contribution in [3.05, 3.63) is 46.4 Å². The molecule has 5 heteroatoms. The van der Waals surface area contributed by atoms with E-state index in [4.69, 9.17) is 0 Å². The van der Waals surface area contributed by atoms with E-state index in [0.29, 0.717) is 5.13 Å². The molecule has 4 atom stereocenters. The Labute approximate surface area is 162 Å². The predicted octanol–water partition coefficient (Wildman–Crippen LogP) is 4.60. The summed E-state index contributed by atoms with van der Waals surface area (Å²) in [5, 5.41) is 2.46. The highest BCUT2D eigenvalue weighted by atomic mass is 32.1. The van der Waals surface area contributed by atoms with Gasteiger partial charge in [0, 0.05) is 10.9 Å². The van der Waals surface area contributed by atoms with E-state index < -0.39 is 0 Å². The second kappa shape index (κ2) is 5.86. The number of carbonyl (C=O) groups excluding carboxylic acids is 2. The Kier molecular flexibility index (Phi) is 3.66. The number of nitrogens with zero attached hydrogens (tertiary/aromatic N) is 2. The number of thiazole rings is 1. The van der Waals surface area contributed by atoms with Gasteiger partial charge in [-0.25, -0.2) is 9.88 Å². The van der Waals surface area contributed by atoms with Gasteiger partial charge in [0.2, 0.25) is 11.8 Å². The number of hydrogen-bond donors (Lipinski definition) is 0. The molecule has 0 spiro atoms. The van der Waals surface area contributed by atoms with Crippen molar-refractivity contribution in [3.8, 4) is 11.3 Å². The molecule has 2 saturated carbocycles. The first-order chi connectivity index (χ1) is 13.0. The summed E-state index contributed by atoms with van der Waals surface area (Å²) < 4.78 is 0. The van der Waals surface area contributed by atoms with Gasteiger partial charge in [0.1, 0.15) is 0 Å². The molecule has 0 radical (unpaired) electrons. The minimum absolute atomic E-state index is 0.0410. The van der Waals surface area contributed by atoms with E-state index in [1.807, 2.05) is 36.6 Å². The number of hydrogen-bond acceptors (Lipinski definition) is 4. The molecule has 3 aliphatic rings. The topological polar surface area (TPSA) is 50.3 Å². The Hall–Kier alpha value is -2.27. The number of allylic oxidation sites excluding steroid dienone is 2. The minimum atomic E-state index is -0.173. The van der Waals surface area contributed by atoms with Crippen LogP contribution in [0, 0.1) is 30.6 Å². The van der Waals surface area contributed by atoms with Crippen molar-refractivity contribution < 1.29 is 9.59 Å². The predicted molar refractivity (Wildman–Crippen MR) is 106 cm³/mol. The Morgan fingerprint density at radius 1 is 1.04 bits per heavy atom. The van der Waals surface area contributed by atoms with Crippen LogP contribution in [0.4, 0.5) is 5.13 Å². The van der Waals surface area contributed by atoms with E-state index >= 15 is 0 Å². The minimum Gasteiger partial charge on any atom is -0.274 e. The van der Waals surface area contributed by atoms with Crippen molar-refractivity contribution in [2.45, 2.75) is 33.6 Å². The molecule has 3 fully saturated rings. The highest BCUT2D eigenvalue weighted by Gasteiger charge is 2.64. The molecule has 2 aromatic rings. The van der Waals surface area contributed by atoms with Crippen LogP contribution in [0.3, 0.4) is 0 Å². The van der Waals surface area contributed by atoms with Gasteiger partial charge in [-0.15, -0.1) is 11.3 Å². The molecule has 2 bridgehead atoms. The van der Waals surface area contributed by atoms with Crippen molar-refractivity contribution >= 4 is 28.3 Å². The van der Waals surface area contributed by atoms with Crippen molar-refractivity contribution in [1.82, 2.24) is 4.98 Å². The van der Waals surface area contributed by atoms with Crippen molar-refractivity contribution in [2.24, 2.45) is 23.7 Å². The van der Waals surface area contributed by atoms with E-state index in [1.54, 1.807) is 0 Å². The summed E-state index contributed by atoms with van der Waals surface area (Å²) in [6, 6.07) is 8.14. The number of aromatic nitrogens is 1. The first-order valence-corrected chi connectivity index (χ1v) is 10.4. The molecule has 138 valence electrons. The fourth-order valence-electron chi connectivity index (χ4n) is 5.40. The van der Waals surface area contributed by atoms with Gasteiger partial charge in [0.15, 0.2) is 5.13 Å². The lowest BCUT2D eigenvalue weighted by molar-refractivity contribution is -0.123. The number of anilines is 1. The van der Waals surface area contributed by atoms with Crippen LogP contribution in [0.15, 0.2) is 40.8 Å². The van der Waals surface area contributed by atoms with Crippen molar-refractivity contribution in [3.63, 3.8) is 0 Å². The molecule has 0 unspecified atom stereocenters. The fourth-order valence-corrected chi connectivity index (χ4v) is 6.25. The van der Waals surface area contributed by atoms with Crippen LogP contribution in [0.1, 0.15) is 32.3 Å². The Bertz CT molecular complexity index is 952. The fraction of sp³-hybridized carbons (Fsp3) is 0.409. The summed E-state index contributed by atoms with van der Waals surface area (Å²) in [6.45, 7) is 6.28. The molecule has 27 heavy (non-hydrogen) atoms. The summed E-state index contributed by atoms with van der Waals surface area (Å²) in [5.74, 6) is 0.0771. The maximum absolute atomic E-state index is 13.2. The van der Waals surface area contributed by atoms with Crippen LogP contribution >= 0.6 is 11.3 Å². The number of amides is 2. The quantitative estimate of drug-likeness (QED) is 0.567. The van der Waals surface area contributed by atoms with E-state index in [1.165, 1.54) is 32.9 Å². The standard InChI is InChI=1S/C22H22N2O2S/c1-11(2)17-14-8-9-15(17)19-18(14)20(25)24(21(19)26)22-23-16(10-27-22)13-6-4-12(3)5-7-13/h4-7,10,14-15,18-19H,8-9H2,1-3H3/t14-,15-,18-,19-/m0/s1. The van der Waals surface area contributed by atoms with Crippen LogP contribution < -0.4 is 4.90 Å². The van der Waals surface area contributed by atoms with Gasteiger partial charge in [-0.05, 0) is 45.4 Å². The van der Waals surface area contributed by atoms with Gasteiger partial charge in [0.05, 0.1) is 17.5 Å². The van der Waals surface area contributed by atoms with E-state index in [2.05, 4.69) is 18.8 Å². The van der Waals surface area contributed by atoms with Crippen molar-refractivity contribution in [1.29, 1.82) is 0 Å². The van der Waals surface area contributed by atoms with Crippen LogP contribution in [0.2, 0.25) is 0 Å². The third kappa shape index (κ3) is 2.30. The third-order valence-corrected chi connectivity index (χ3v) is 7.29. The number of carbonyl (C=O) groups is 2. The van der Waals surface area contributed by atoms with Gasteiger partial charge in [0.25, 0.3) is 0 Å². The van der Waals surface area contributed by atoms with Gasteiger partial charge in [-0.1, -0.05) is 41.0 Å². The first kappa shape index (κ1) is 16.9. The van der Waals surface area contributed by atoms with Crippen molar-refractivity contribution in [2.75, 3.05) is 4.90 Å². The number of imide groups is 1. The second-order valence-electron chi connectivity index (χ2n) is 8.19. The lowest BCUT2D eigenvalue weighted by atomic mass is 9.81. The molecular formula is C22H22N2O2S. The number of aryl methyl sites for hydroxylation is 1. The molecule has 4 nitrogen and oxygen atoms in total. The molecule has 1 saturated heterocycles. The summed E-state index contributed by atoms with van der Waals surface area (Å²) in [5.41, 5.74) is 5.69. The van der Waals surface area contributed by atoms with Crippen LogP contribution in [0.5, 0.6) is 0 Å². The molecule has 2 heterocycles. The average molecular weight is 378 g/mol.